The summed E-state index contributed by atoms with van der Waals surface area (Å²) in [5.41, 5.74) is 1.91. The molecule has 0 amide bonds. The van der Waals surface area contributed by atoms with Gasteiger partial charge in [0.1, 0.15) is 0 Å². The fourth-order valence-corrected chi connectivity index (χ4v) is 1.75. The number of hydrogen-bond donors (Lipinski definition) is 0. The molecule has 0 bridgehead atoms. The number of nitrogens with zero attached hydrogens (tertiary/aromatic N) is 1. The molecule has 0 unspecified atom stereocenters. The summed E-state index contributed by atoms with van der Waals surface area (Å²) in [6, 6.07) is 2.01. The summed E-state index contributed by atoms with van der Waals surface area (Å²) in [4.78, 5) is 4.32. The van der Waals surface area contributed by atoms with Gasteiger partial charge in [0, 0.05) is 23.9 Å². The molecule has 15 heavy (non-hydrogen) atoms. The lowest BCUT2D eigenvalue weighted by Crippen LogP contribution is -2.12. The molecule has 1 aromatic heterocycles. The van der Waals surface area contributed by atoms with Crippen molar-refractivity contribution >= 4 is 15.9 Å². The highest BCUT2D eigenvalue weighted by Crippen LogP contribution is 2.22. The predicted molar refractivity (Wildman–Crippen MR) is 62.7 cm³/mol. The Labute approximate surface area is 98.9 Å². The fourth-order valence-electron chi connectivity index (χ4n) is 1.31. The summed E-state index contributed by atoms with van der Waals surface area (Å²) in [5.74, 6) is 0. The average Bonchev–Trinajstić information content (AvgIpc) is 2.17. The van der Waals surface area contributed by atoms with Gasteiger partial charge in [0.25, 0.3) is 0 Å². The second-order valence-corrected chi connectivity index (χ2v) is 4.01. The van der Waals surface area contributed by atoms with E-state index in [1.54, 1.807) is 6.20 Å². The second-order valence-electron chi connectivity index (χ2n) is 3.10. The van der Waals surface area contributed by atoms with Crippen LogP contribution in [-0.2, 0) is 9.47 Å². The van der Waals surface area contributed by atoms with Gasteiger partial charge in [0.05, 0.1) is 5.69 Å². The first kappa shape index (κ1) is 12.6. The van der Waals surface area contributed by atoms with Gasteiger partial charge in [-0.25, -0.2) is 0 Å². The van der Waals surface area contributed by atoms with Gasteiger partial charge < -0.3 is 9.47 Å². The van der Waals surface area contributed by atoms with Gasteiger partial charge in [-0.2, -0.15) is 0 Å². The average molecular weight is 274 g/mol. The Bertz CT molecular complexity index is 311. The SMILES string of the molecule is CCOC(OCC)c1ncc(Br)cc1C. The maximum Gasteiger partial charge on any atom is 0.201 e. The smallest absolute Gasteiger partial charge is 0.201 e. The molecule has 1 rings (SSSR count). The van der Waals surface area contributed by atoms with Crippen molar-refractivity contribution in [2.75, 3.05) is 13.2 Å². The summed E-state index contributed by atoms with van der Waals surface area (Å²) in [7, 11) is 0. The minimum Gasteiger partial charge on any atom is -0.347 e. The van der Waals surface area contributed by atoms with Gasteiger partial charge in [-0.1, -0.05) is 0 Å². The lowest BCUT2D eigenvalue weighted by atomic mass is 10.2. The molecule has 0 aliphatic rings. The first-order chi connectivity index (χ1) is 7.19. The molecule has 84 valence electrons. The highest BCUT2D eigenvalue weighted by Gasteiger charge is 2.15. The van der Waals surface area contributed by atoms with Crippen molar-refractivity contribution in [2.45, 2.75) is 27.1 Å². The normalized spacial score (nSPS) is 11.0. The molecule has 1 aromatic rings. The maximum absolute atomic E-state index is 5.49. The molecule has 0 aliphatic heterocycles. The van der Waals surface area contributed by atoms with Crippen LogP contribution in [0.2, 0.25) is 0 Å². The maximum atomic E-state index is 5.49. The van der Waals surface area contributed by atoms with Gasteiger partial charge in [-0.15, -0.1) is 0 Å². The van der Waals surface area contributed by atoms with E-state index < -0.39 is 0 Å². The molecule has 0 aromatic carbocycles. The van der Waals surface area contributed by atoms with Crippen LogP contribution in [0.1, 0.15) is 31.4 Å². The molecule has 0 saturated heterocycles. The van der Waals surface area contributed by atoms with Crippen molar-refractivity contribution in [1.82, 2.24) is 4.98 Å². The van der Waals surface area contributed by atoms with E-state index in [0.29, 0.717) is 13.2 Å². The zero-order chi connectivity index (χ0) is 11.3. The number of ether oxygens (including phenoxy) is 2. The summed E-state index contributed by atoms with van der Waals surface area (Å²) in [6.07, 6.45) is 1.40. The largest absolute Gasteiger partial charge is 0.347 e. The standard InChI is InChI=1S/C11H16BrNO2/c1-4-14-11(15-5-2)10-8(3)6-9(12)7-13-10/h6-7,11H,4-5H2,1-3H3. The third kappa shape index (κ3) is 3.55. The predicted octanol–water partition coefficient (Wildman–Crippen LogP) is 3.22. The third-order valence-electron chi connectivity index (χ3n) is 1.94. The van der Waals surface area contributed by atoms with Crippen LogP contribution >= 0.6 is 15.9 Å². The topological polar surface area (TPSA) is 31.4 Å². The number of pyridine rings is 1. The van der Waals surface area contributed by atoms with Gasteiger partial charge in [-0.05, 0) is 48.3 Å². The molecular formula is C11H16BrNO2. The van der Waals surface area contributed by atoms with Crippen LogP contribution in [0.25, 0.3) is 0 Å². The minimum atomic E-state index is -0.354. The van der Waals surface area contributed by atoms with E-state index in [1.165, 1.54) is 0 Å². The molecule has 1 heterocycles. The van der Waals surface area contributed by atoms with Crippen LogP contribution in [0.15, 0.2) is 16.7 Å². The van der Waals surface area contributed by atoms with Crippen molar-refractivity contribution in [3.05, 3.63) is 28.0 Å². The molecular weight excluding hydrogens is 258 g/mol. The third-order valence-corrected chi connectivity index (χ3v) is 2.38. The number of hydrogen-bond acceptors (Lipinski definition) is 3. The van der Waals surface area contributed by atoms with E-state index in [9.17, 15) is 0 Å². The zero-order valence-corrected chi connectivity index (χ0v) is 10.9. The molecule has 4 heteroatoms. The van der Waals surface area contributed by atoms with Crippen LogP contribution in [0.5, 0.6) is 0 Å². The van der Waals surface area contributed by atoms with E-state index in [4.69, 9.17) is 9.47 Å². The molecule has 0 aliphatic carbocycles. The van der Waals surface area contributed by atoms with Gasteiger partial charge in [-0.3, -0.25) is 4.98 Å². The number of halogens is 1. The number of aryl methyl sites for hydroxylation is 1. The van der Waals surface area contributed by atoms with Crippen LogP contribution < -0.4 is 0 Å². The molecule has 0 atom stereocenters. The Morgan fingerprint density at radius 3 is 2.40 bits per heavy atom. The molecule has 0 radical (unpaired) electrons. The first-order valence-electron chi connectivity index (χ1n) is 5.04. The molecule has 0 saturated carbocycles. The van der Waals surface area contributed by atoms with E-state index in [1.807, 2.05) is 26.8 Å². The lowest BCUT2D eigenvalue weighted by molar-refractivity contribution is -0.143. The van der Waals surface area contributed by atoms with Crippen LogP contribution in [0, 0.1) is 6.92 Å². The van der Waals surface area contributed by atoms with Crippen molar-refractivity contribution in [2.24, 2.45) is 0 Å². The Hall–Kier alpha value is -0.450. The Morgan fingerprint density at radius 1 is 1.33 bits per heavy atom. The number of rotatable bonds is 5. The van der Waals surface area contributed by atoms with Gasteiger partial charge in [0.2, 0.25) is 6.29 Å². The summed E-state index contributed by atoms with van der Waals surface area (Å²) in [6.45, 7) is 7.11. The van der Waals surface area contributed by atoms with E-state index in [0.717, 1.165) is 15.7 Å². The van der Waals surface area contributed by atoms with Crippen molar-refractivity contribution < 1.29 is 9.47 Å². The quantitative estimate of drug-likeness (QED) is 0.772. The highest BCUT2D eigenvalue weighted by molar-refractivity contribution is 9.10. The zero-order valence-electron chi connectivity index (χ0n) is 9.29. The summed E-state index contributed by atoms with van der Waals surface area (Å²) in [5, 5.41) is 0. The highest BCUT2D eigenvalue weighted by atomic mass is 79.9. The lowest BCUT2D eigenvalue weighted by Gasteiger charge is -2.18. The molecule has 3 nitrogen and oxygen atoms in total. The number of aromatic nitrogens is 1. The molecule has 0 fully saturated rings. The van der Waals surface area contributed by atoms with Crippen molar-refractivity contribution in [3.8, 4) is 0 Å². The van der Waals surface area contributed by atoms with Gasteiger partial charge in [0.15, 0.2) is 0 Å². The molecule has 0 N–H and O–H groups in total. The van der Waals surface area contributed by atoms with E-state index in [2.05, 4.69) is 20.9 Å². The van der Waals surface area contributed by atoms with Crippen molar-refractivity contribution in [1.29, 1.82) is 0 Å². The fraction of sp³-hybridized carbons (Fsp3) is 0.545. The first-order valence-corrected chi connectivity index (χ1v) is 5.83. The summed E-state index contributed by atoms with van der Waals surface area (Å²) < 4.78 is 11.9. The van der Waals surface area contributed by atoms with Crippen LogP contribution in [-0.4, -0.2) is 18.2 Å². The Kier molecular flexibility index (Phi) is 5.22. The van der Waals surface area contributed by atoms with Crippen LogP contribution in [0.4, 0.5) is 0 Å². The van der Waals surface area contributed by atoms with Gasteiger partial charge >= 0.3 is 0 Å². The Balaban J connectivity index is 2.89. The monoisotopic (exact) mass is 273 g/mol. The van der Waals surface area contributed by atoms with Crippen molar-refractivity contribution in [3.63, 3.8) is 0 Å². The molecule has 0 spiro atoms. The minimum absolute atomic E-state index is 0.354. The van der Waals surface area contributed by atoms with E-state index >= 15 is 0 Å². The second kappa shape index (κ2) is 6.20. The Morgan fingerprint density at radius 2 is 1.93 bits per heavy atom. The van der Waals surface area contributed by atoms with Crippen LogP contribution in [0.3, 0.4) is 0 Å². The van der Waals surface area contributed by atoms with E-state index in [-0.39, 0.29) is 6.29 Å². The summed E-state index contributed by atoms with van der Waals surface area (Å²) >= 11 is 3.38.